The highest BCUT2D eigenvalue weighted by Gasteiger charge is 2.12. The molecule has 1 unspecified atom stereocenters. The number of rotatable bonds is 9. The van der Waals surface area contributed by atoms with E-state index in [1.165, 1.54) is 6.08 Å². The van der Waals surface area contributed by atoms with Crippen molar-refractivity contribution in [2.75, 3.05) is 19.8 Å². The number of halogens is 1. The maximum Gasteiger partial charge on any atom is 0.244 e. The fraction of sp³-hybridized carbons (Fsp3) is 0.471. The minimum Gasteiger partial charge on any atom is -0.490 e. The lowest BCUT2D eigenvalue weighted by molar-refractivity contribution is -0.117. The van der Waals surface area contributed by atoms with Gasteiger partial charge in [0.25, 0.3) is 0 Å². The zero-order valence-corrected chi connectivity index (χ0v) is 14.5. The zero-order chi connectivity index (χ0) is 17.2. The van der Waals surface area contributed by atoms with E-state index in [4.69, 9.17) is 26.2 Å². The Morgan fingerprint density at radius 1 is 1.39 bits per heavy atom. The molecule has 1 aromatic rings. The molecule has 0 radical (unpaired) electrons. The third-order valence-electron chi connectivity index (χ3n) is 2.87. The number of aliphatic hydroxyl groups excluding tert-OH is 1. The van der Waals surface area contributed by atoms with Crippen LogP contribution in [0.3, 0.4) is 0 Å². The third-order valence-corrected chi connectivity index (χ3v) is 3.15. The molecule has 1 rings (SSSR count). The second-order valence-electron chi connectivity index (χ2n) is 5.04. The highest BCUT2D eigenvalue weighted by molar-refractivity contribution is 6.32. The van der Waals surface area contributed by atoms with Gasteiger partial charge in [-0.25, -0.2) is 0 Å². The summed E-state index contributed by atoms with van der Waals surface area (Å²) in [6.07, 6.45) is 3.89. The van der Waals surface area contributed by atoms with Crippen molar-refractivity contribution in [3.63, 3.8) is 0 Å². The number of aliphatic hydroxyl groups is 1. The maximum absolute atomic E-state index is 11.7. The second kappa shape index (κ2) is 10.1. The van der Waals surface area contributed by atoms with Crippen LogP contribution in [0.1, 0.15) is 32.8 Å². The molecule has 23 heavy (non-hydrogen) atoms. The van der Waals surface area contributed by atoms with Gasteiger partial charge >= 0.3 is 0 Å². The van der Waals surface area contributed by atoms with Gasteiger partial charge in [0, 0.05) is 12.1 Å². The van der Waals surface area contributed by atoms with Crippen molar-refractivity contribution in [2.24, 2.45) is 0 Å². The van der Waals surface area contributed by atoms with Crippen molar-refractivity contribution < 1.29 is 19.4 Å². The Morgan fingerprint density at radius 2 is 2.13 bits per heavy atom. The minimum absolute atomic E-state index is 0.108. The molecule has 1 aromatic carbocycles. The van der Waals surface area contributed by atoms with Crippen LogP contribution in [0.5, 0.6) is 11.5 Å². The summed E-state index contributed by atoms with van der Waals surface area (Å²) in [5.74, 6) is 0.787. The molecule has 0 heterocycles. The van der Waals surface area contributed by atoms with E-state index in [1.807, 2.05) is 13.8 Å². The summed E-state index contributed by atoms with van der Waals surface area (Å²) in [6, 6.07) is 3.20. The maximum atomic E-state index is 11.7. The Morgan fingerprint density at radius 3 is 2.74 bits per heavy atom. The van der Waals surface area contributed by atoms with Gasteiger partial charge in [0.05, 0.1) is 24.8 Å². The van der Waals surface area contributed by atoms with Gasteiger partial charge in [-0.1, -0.05) is 18.5 Å². The van der Waals surface area contributed by atoms with Gasteiger partial charge < -0.3 is 19.9 Å². The van der Waals surface area contributed by atoms with E-state index in [0.29, 0.717) is 29.7 Å². The molecule has 2 N–H and O–H groups in total. The van der Waals surface area contributed by atoms with Crippen LogP contribution in [-0.4, -0.2) is 36.9 Å². The van der Waals surface area contributed by atoms with Crippen LogP contribution >= 0.6 is 11.6 Å². The van der Waals surface area contributed by atoms with E-state index in [-0.39, 0.29) is 18.6 Å². The zero-order valence-electron chi connectivity index (χ0n) is 13.8. The van der Waals surface area contributed by atoms with E-state index < -0.39 is 0 Å². The molecule has 0 aliphatic carbocycles. The average Bonchev–Trinajstić information content (AvgIpc) is 2.52. The fourth-order valence-corrected chi connectivity index (χ4v) is 2.07. The van der Waals surface area contributed by atoms with Crippen LogP contribution in [0.25, 0.3) is 6.08 Å². The smallest absolute Gasteiger partial charge is 0.244 e. The molecule has 6 heteroatoms. The minimum atomic E-state index is -0.292. The number of hydrogen-bond acceptors (Lipinski definition) is 4. The summed E-state index contributed by atoms with van der Waals surface area (Å²) in [5.41, 5.74) is 0.731. The Hall–Kier alpha value is -1.72. The molecule has 1 amide bonds. The van der Waals surface area contributed by atoms with Gasteiger partial charge in [0.2, 0.25) is 5.91 Å². The van der Waals surface area contributed by atoms with Gasteiger partial charge in [-0.2, -0.15) is 0 Å². The normalized spacial score (nSPS) is 12.2. The van der Waals surface area contributed by atoms with Crippen molar-refractivity contribution in [1.82, 2.24) is 5.32 Å². The molecule has 0 aliphatic rings. The van der Waals surface area contributed by atoms with Gasteiger partial charge in [0.1, 0.15) is 0 Å². The van der Waals surface area contributed by atoms with E-state index in [9.17, 15) is 4.79 Å². The van der Waals surface area contributed by atoms with Crippen molar-refractivity contribution in [2.45, 2.75) is 33.2 Å². The van der Waals surface area contributed by atoms with Crippen LogP contribution in [0.15, 0.2) is 18.2 Å². The summed E-state index contributed by atoms with van der Waals surface area (Å²) in [6.45, 7) is 6.54. The molecule has 0 bridgehead atoms. The summed E-state index contributed by atoms with van der Waals surface area (Å²) in [7, 11) is 0. The number of nitrogens with one attached hydrogen (secondary N) is 1. The molecule has 0 saturated carbocycles. The molecule has 1 atom stereocenters. The Balaban J connectivity index is 2.93. The molecule has 0 aromatic heterocycles. The number of amides is 1. The highest BCUT2D eigenvalue weighted by Crippen LogP contribution is 2.37. The van der Waals surface area contributed by atoms with Crippen LogP contribution in [0, 0.1) is 0 Å². The molecule has 0 saturated heterocycles. The molecule has 0 spiro atoms. The van der Waals surface area contributed by atoms with Gasteiger partial charge in [0.15, 0.2) is 11.5 Å². The van der Waals surface area contributed by atoms with Crippen LogP contribution < -0.4 is 14.8 Å². The number of ether oxygens (including phenoxy) is 2. The van der Waals surface area contributed by atoms with Crippen molar-refractivity contribution in [1.29, 1.82) is 0 Å². The van der Waals surface area contributed by atoms with E-state index in [0.717, 1.165) is 12.0 Å². The SMILES string of the molecule is CCCOc1c(Cl)cc(/C=C/C(=O)NC(C)CO)cc1OCC. The first-order valence-electron chi connectivity index (χ1n) is 7.70. The standard InChI is InChI=1S/C17H24ClNO4/c1-4-8-23-17-14(18)9-13(10-15(17)22-5-2)6-7-16(21)19-12(3)11-20/h6-7,9-10,12,20H,4-5,8,11H2,1-3H3,(H,19,21)/b7-6+. The van der Waals surface area contributed by atoms with Crippen LogP contribution in [0.4, 0.5) is 0 Å². The molecular formula is C17H24ClNO4. The lowest BCUT2D eigenvalue weighted by Gasteiger charge is -2.14. The number of benzene rings is 1. The molecular weight excluding hydrogens is 318 g/mol. The highest BCUT2D eigenvalue weighted by atomic mass is 35.5. The average molecular weight is 342 g/mol. The molecule has 128 valence electrons. The lowest BCUT2D eigenvalue weighted by Crippen LogP contribution is -2.33. The van der Waals surface area contributed by atoms with Crippen molar-refractivity contribution in [3.05, 3.63) is 28.8 Å². The van der Waals surface area contributed by atoms with Gasteiger partial charge in [-0.3, -0.25) is 4.79 Å². The predicted octanol–water partition coefficient (Wildman–Crippen LogP) is 3.04. The summed E-state index contributed by atoms with van der Waals surface area (Å²) in [5, 5.41) is 12.0. The Labute approximate surface area is 142 Å². The lowest BCUT2D eigenvalue weighted by atomic mass is 10.2. The first kappa shape index (κ1) is 19.3. The number of carbonyl (C=O) groups excluding carboxylic acids is 1. The second-order valence-corrected chi connectivity index (χ2v) is 5.44. The number of hydrogen-bond donors (Lipinski definition) is 2. The molecule has 0 fully saturated rings. The monoisotopic (exact) mass is 341 g/mol. The Bertz CT molecular complexity index is 546. The first-order valence-corrected chi connectivity index (χ1v) is 8.08. The Kier molecular flexibility index (Phi) is 8.51. The predicted molar refractivity (Wildman–Crippen MR) is 92.1 cm³/mol. The van der Waals surface area contributed by atoms with Gasteiger partial charge in [-0.05, 0) is 44.0 Å². The summed E-state index contributed by atoms with van der Waals surface area (Å²) < 4.78 is 11.2. The third kappa shape index (κ3) is 6.50. The van der Waals surface area contributed by atoms with E-state index in [2.05, 4.69) is 5.32 Å². The molecule has 5 nitrogen and oxygen atoms in total. The first-order chi connectivity index (χ1) is 11.0. The van der Waals surface area contributed by atoms with E-state index in [1.54, 1.807) is 25.1 Å². The van der Waals surface area contributed by atoms with Gasteiger partial charge in [-0.15, -0.1) is 0 Å². The number of carbonyl (C=O) groups is 1. The summed E-state index contributed by atoms with van der Waals surface area (Å²) in [4.78, 5) is 11.7. The molecule has 0 aliphatic heterocycles. The van der Waals surface area contributed by atoms with Crippen LogP contribution in [-0.2, 0) is 4.79 Å². The quantitative estimate of drug-likeness (QED) is 0.677. The fourth-order valence-electron chi connectivity index (χ4n) is 1.80. The largest absolute Gasteiger partial charge is 0.490 e. The summed E-state index contributed by atoms with van der Waals surface area (Å²) >= 11 is 6.26. The topological polar surface area (TPSA) is 67.8 Å². The van der Waals surface area contributed by atoms with Crippen molar-refractivity contribution in [3.8, 4) is 11.5 Å². The van der Waals surface area contributed by atoms with E-state index >= 15 is 0 Å². The van der Waals surface area contributed by atoms with Crippen LogP contribution in [0.2, 0.25) is 5.02 Å². The van der Waals surface area contributed by atoms with Crippen molar-refractivity contribution >= 4 is 23.6 Å².